The Kier molecular flexibility index (Phi) is 4.12. The fourth-order valence-electron chi connectivity index (χ4n) is 1.80. The van der Waals surface area contributed by atoms with E-state index >= 15 is 0 Å². The molecule has 0 bridgehead atoms. The Morgan fingerprint density at radius 2 is 2.00 bits per heavy atom. The first-order valence-corrected chi connectivity index (χ1v) is 6.12. The number of nitrogens with one attached hydrogen (secondary N) is 1. The molecule has 0 aliphatic carbocycles. The highest BCUT2D eigenvalue weighted by molar-refractivity contribution is 5.43. The minimum absolute atomic E-state index is 0.347. The van der Waals surface area contributed by atoms with Crippen LogP contribution in [0.15, 0.2) is 42.7 Å². The molecule has 0 saturated heterocycles. The van der Waals surface area contributed by atoms with E-state index in [4.69, 9.17) is 5.73 Å². The van der Waals surface area contributed by atoms with Crippen molar-refractivity contribution in [1.82, 2.24) is 9.97 Å². The summed E-state index contributed by atoms with van der Waals surface area (Å²) in [7, 11) is 0. The fraction of sp³-hybridized carbons (Fsp3) is 0.286. The van der Waals surface area contributed by atoms with Crippen molar-refractivity contribution < 1.29 is 0 Å². The molecule has 1 aromatic carbocycles. The Morgan fingerprint density at radius 3 is 2.72 bits per heavy atom. The van der Waals surface area contributed by atoms with Gasteiger partial charge in [0.2, 0.25) is 0 Å². The maximum atomic E-state index is 5.61. The van der Waals surface area contributed by atoms with Gasteiger partial charge in [0.15, 0.2) is 0 Å². The van der Waals surface area contributed by atoms with Crippen LogP contribution in [0.3, 0.4) is 0 Å². The molecule has 2 rings (SSSR count). The fourth-order valence-corrected chi connectivity index (χ4v) is 1.80. The molecule has 0 aliphatic rings. The van der Waals surface area contributed by atoms with Crippen LogP contribution in [0.2, 0.25) is 0 Å². The van der Waals surface area contributed by atoms with Crippen molar-refractivity contribution >= 4 is 11.6 Å². The predicted octanol–water partition coefficient (Wildman–Crippen LogP) is 2.49. The van der Waals surface area contributed by atoms with Crippen molar-refractivity contribution in [3.05, 3.63) is 48.3 Å². The molecule has 4 heteroatoms. The van der Waals surface area contributed by atoms with Gasteiger partial charge in [0.1, 0.15) is 18.0 Å². The number of nitrogen functional groups attached to an aromatic ring is 1. The molecule has 94 valence electrons. The lowest BCUT2D eigenvalue weighted by Gasteiger charge is -2.14. The highest BCUT2D eigenvalue weighted by Gasteiger charge is 2.04. The summed E-state index contributed by atoms with van der Waals surface area (Å²) in [6.07, 6.45) is 3.57. The van der Waals surface area contributed by atoms with E-state index in [2.05, 4.69) is 46.5 Å². The van der Waals surface area contributed by atoms with Crippen LogP contribution in [0.1, 0.15) is 18.9 Å². The van der Waals surface area contributed by atoms with Gasteiger partial charge < -0.3 is 11.1 Å². The summed E-state index contributed by atoms with van der Waals surface area (Å²) in [6.45, 7) is 2.14. The number of anilines is 2. The van der Waals surface area contributed by atoms with Crippen molar-refractivity contribution in [3.63, 3.8) is 0 Å². The van der Waals surface area contributed by atoms with E-state index in [-0.39, 0.29) is 0 Å². The summed E-state index contributed by atoms with van der Waals surface area (Å²) >= 11 is 0. The second-order valence-corrected chi connectivity index (χ2v) is 4.40. The van der Waals surface area contributed by atoms with E-state index in [1.165, 1.54) is 11.9 Å². The molecule has 0 amide bonds. The van der Waals surface area contributed by atoms with Gasteiger partial charge in [0.25, 0.3) is 0 Å². The highest BCUT2D eigenvalue weighted by Crippen LogP contribution is 2.10. The van der Waals surface area contributed by atoms with Gasteiger partial charge in [-0.2, -0.15) is 0 Å². The third-order valence-corrected chi connectivity index (χ3v) is 2.79. The zero-order valence-corrected chi connectivity index (χ0v) is 10.5. The number of nitrogens with zero attached hydrogens (tertiary/aromatic N) is 2. The first-order chi connectivity index (χ1) is 8.74. The first kappa shape index (κ1) is 12.4. The Hall–Kier alpha value is -2.10. The molecule has 2 aromatic rings. The molecule has 1 atom stereocenters. The van der Waals surface area contributed by atoms with Crippen LogP contribution in [0.4, 0.5) is 11.6 Å². The van der Waals surface area contributed by atoms with Gasteiger partial charge in [-0.25, -0.2) is 9.97 Å². The Balaban J connectivity index is 1.84. The number of nitrogens with two attached hydrogens (primary N) is 1. The Labute approximate surface area is 107 Å². The lowest BCUT2D eigenvalue weighted by Crippen LogP contribution is -2.17. The third-order valence-electron chi connectivity index (χ3n) is 2.79. The largest absolute Gasteiger partial charge is 0.384 e. The van der Waals surface area contributed by atoms with Crippen LogP contribution in [-0.4, -0.2) is 16.0 Å². The summed E-state index contributed by atoms with van der Waals surface area (Å²) in [4.78, 5) is 8.00. The van der Waals surface area contributed by atoms with Crippen LogP contribution < -0.4 is 11.1 Å². The van der Waals surface area contributed by atoms with Crippen LogP contribution in [0, 0.1) is 0 Å². The number of rotatable bonds is 5. The molecular weight excluding hydrogens is 224 g/mol. The SMILES string of the molecule is CC(CCc1ccccc1)Nc1cc(N)ncn1. The molecule has 0 fully saturated rings. The summed E-state index contributed by atoms with van der Waals surface area (Å²) in [6, 6.07) is 12.6. The Bertz CT molecular complexity index is 484. The average molecular weight is 242 g/mol. The zero-order valence-electron chi connectivity index (χ0n) is 10.5. The van der Waals surface area contributed by atoms with E-state index in [0.717, 1.165) is 18.7 Å². The van der Waals surface area contributed by atoms with Gasteiger partial charge in [-0.1, -0.05) is 30.3 Å². The average Bonchev–Trinajstić information content (AvgIpc) is 2.38. The molecule has 4 nitrogen and oxygen atoms in total. The zero-order chi connectivity index (χ0) is 12.8. The van der Waals surface area contributed by atoms with Crippen molar-refractivity contribution in [3.8, 4) is 0 Å². The van der Waals surface area contributed by atoms with Gasteiger partial charge in [-0.05, 0) is 25.3 Å². The maximum Gasteiger partial charge on any atom is 0.131 e. The third kappa shape index (κ3) is 3.73. The monoisotopic (exact) mass is 242 g/mol. The molecule has 0 radical (unpaired) electrons. The quantitative estimate of drug-likeness (QED) is 0.845. The second kappa shape index (κ2) is 6.00. The minimum Gasteiger partial charge on any atom is -0.384 e. The van der Waals surface area contributed by atoms with E-state index in [0.29, 0.717) is 11.9 Å². The number of benzene rings is 1. The normalized spacial score (nSPS) is 12.1. The van der Waals surface area contributed by atoms with Gasteiger partial charge in [0, 0.05) is 12.1 Å². The highest BCUT2D eigenvalue weighted by atomic mass is 15.0. The van der Waals surface area contributed by atoms with E-state index in [9.17, 15) is 0 Å². The predicted molar refractivity (Wildman–Crippen MR) is 74.3 cm³/mol. The molecule has 1 aromatic heterocycles. The lowest BCUT2D eigenvalue weighted by atomic mass is 10.1. The summed E-state index contributed by atoms with van der Waals surface area (Å²) < 4.78 is 0. The van der Waals surface area contributed by atoms with Crippen LogP contribution in [-0.2, 0) is 6.42 Å². The smallest absolute Gasteiger partial charge is 0.131 e. The van der Waals surface area contributed by atoms with Crippen LogP contribution in [0.5, 0.6) is 0 Å². The molecule has 0 spiro atoms. The van der Waals surface area contributed by atoms with E-state index < -0.39 is 0 Å². The lowest BCUT2D eigenvalue weighted by molar-refractivity contribution is 0.702. The number of aryl methyl sites for hydroxylation is 1. The van der Waals surface area contributed by atoms with Gasteiger partial charge in [-0.15, -0.1) is 0 Å². The van der Waals surface area contributed by atoms with Crippen LogP contribution in [0.25, 0.3) is 0 Å². The molecule has 0 aliphatic heterocycles. The van der Waals surface area contributed by atoms with Crippen LogP contribution >= 0.6 is 0 Å². The van der Waals surface area contributed by atoms with Crippen molar-refractivity contribution in [2.45, 2.75) is 25.8 Å². The number of hydrogen-bond acceptors (Lipinski definition) is 4. The number of aromatic nitrogens is 2. The summed E-state index contributed by atoms with van der Waals surface area (Å²) in [5.41, 5.74) is 6.96. The second-order valence-electron chi connectivity index (χ2n) is 4.40. The summed E-state index contributed by atoms with van der Waals surface area (Å²) in [5, 5.41) is 3.32. The minimum atomic E-state index is 0.347. The first-order valence-electron chi connectivity index (χ1n) is 6.12. The van der Waals surface area contributed by atoms with E-state index in [1.807, 2.05) is 6.07 Å². The van der Waals surface area contributed by atoms with Crippen molar-refractivity contribution in [1.29, 1.82) is 0 Å². The number of hydrogen-bond donors (Lipinski definition) is 2. The molecule has 1 unspecified atom stereocenters. The van der Waals surface area contributed by atoms with Gasteiger partial charge in [-0.3, -0.25) is 0 Å². The molecule has 3 N–H and O–H groups in total. The molecule has 0 saturated carbocycles. The topological polar surface area (TPSA) is 63.8 Å². The summed E-state index contributed by atoms with van der Waals surface area (Å²) in [5.74, 6) is 1.27. The molecule has 1 heterocycles. The van der Waals surface area contributed by atoms with Crippen molar-refractivity contribution in [2.75, 3.05) is 11.1 Å². The van der Waals surface area contributed by atoms with E-state index in [1.54, 1.807) is 6.07 Å². The Morgan fingerprint density at radius 1 is 1.22 bits per heavy atom. The van der Waals surface area contributed by atoms with Crippen molar-refractivity contribution in [2.24, 2.45) is 0 Å². The van der Waals surface area contributed by atoms with Gasteiger partial charge >= 0.3 is 0 Å². The standard InChI is InChI=1S/C14H18N4/c1-11(7-8-12-5-3-2-4-6-12)18-14-9-13(15)16-10-17-14/h2-6,9-11H,7-8H2,1H3,(H3,15,16,17,18). The molecular formula is C14H18N4. The molecule has 18 heavy (non-hydrogen) atoms. The maximum absolute atomic E-state index is 5.61. The van der Waals surface area contributed by atoms with Gasteiger partial charge in [0.05, 0.1) is 0 Å².